The molecule has 30 rings (SSSR count). The largest absolute Gasteiger partial charge is 0.456 e. The van der Waals surface area contributed by atoms with Crippen LogP contribution in [-0.2, 0) is 27.1 Å². The average molecular weight is 1940 g/mol. The predicted molar refractivity (Wildman–Crippen MR) is 604 cm³/mol. The first kappa shape index (κ1) is 89.6. The minimum absolute atomic E-state index is 0.0133. The number of furan rings is 4. The van der Waals surface area contributed by atoms with E-state index in [9.17, 15) is 0 Å². The van der Waals surface area contributed by atoms with Gasteiger partial charge in [-0.15, -0.1) is 0 Å². The van der Waals surface area contributed by atoms with Crippen LogP contribution in [0.25, 0.3) is 246 Å². The summed E-state index contributed by atoms with van der Waals surface area (Å²) in [5.74, 6) is 5.70. The molecular weight excluding hydrogens is 1840 g/mol. The first-order valence-corrected chi connectivity index (χ1v) is 51.7. The minimum atomic E-state index is -0.173. The third-order valence-corrected chi connectivity index (χ3v) is 33.5. The van der Waals surface area contributed by atoms with E-state index in [0.29, 0.717) is 69.7 Å². The summed E-state index contributed by atoms with van der Waals surface area (Å²) in [5, 5.41) is 8.46. The summed E-state index contributed by atoms with van der Waals surface area (Å²) in [6.07, 6.45) is 3.53. The number of aromatic nitrogens is 11. The Morgan fingerprint density at radius 1 is 0.207 bits per heavy atom. The second-order valence-corrected chi connectivity index (χ2v) is 44.0. The molecule has 0 radical (unpaired) electrons. The average Bonchev–Trinajstić information content (AvgIpc) is 1.55. The molecular formula is C135H101N11O4. The van der Waals surface area contributed by atoms with E-state index in [-0.39, 0.29) is 32.5 Å². The summed E-state index contributed by atoms with van der Waals surface area (Å²) in [6, 6.07) is 125. The Bertz CT molecular complexity index is 9960. The fraction of sp³-hybridized carbons (Fsp3) is 0.148. The van der Waals surface area contributed by atoms with Crippen LogP contribution in [-0.4, -0.2) is 54.8 Å². The van der Waals surface area contributed by atoms with E-state index < -0.39 is 0 Å². The van der Waals surface area contributed by atoms with Gasteiger partial charge in [0.2, 0.25) is 0 Å². The quantitative estimate of drug-likeness (QED) is 0.125. The molecule has 2 atom stereocenters. The highest BCUT2D eigenvalue weighted by molar-refractivity contribution is 6.13. The van der Waals surface area contributed by atoms with E-state index in [4.69, 9.17) is 62.5 Å². The summed E-state index contributed by atoms with van der Waals surface area (Å²) < 4.78 is 26.1. The molecule has 0 aliphatic heterocycles. The van der Waals surface area contributed by atoms with Gasteiger partial charge < -0.3 is 17.7 Å². The van der Waals surface area contributed by atoms with Gasteiger partial charge in [0.25, 0.3) is 0 Å². The fourth-order valence-corrected chi connectivity index (χ4v) is 24.8. The number of rotatable bonds is 10. The Labute approximate surface area is 867 Å². The van der Waals surface area contributed by atoms with Crippen LogP contribution in [0.4, 0.5) is 0 Å². The monoisotopic (exact) mass is 1940 g/mol. The van der Waals surface area contributed by atoms with Crippen LogP contribution in [0, 0.1) is 11.3 Å². The van der Waals surface area contributed by atoms with Crippen molar-refractivity contribution >= 4 is 87.8 Å². The van der Waals surface area contributed by atoms with Gasteiger partial charge in [-0.2, -0.15) is 0 Å². The van der Waals surface area contributed by atoms with Gasteiger partial charge in [-0.3, -0.25) is 9.97 Å². The highest BCUT2D eigenvalue weighted by Crippen LogP contribution is 2.61. The zero-order valence-corrected chi connectivity index (χ0v) is 85.3. The molecule has 720 valence electrons. The molecule has 0 fully saturated rings. The van der Waals surface area contributed by atoms with Crippen LogP contribution in [0.3, 0.4) is 0 Å². The van der Waals surface area contributed by atoms with Gasteiger partial charge in [-0.1, -0.05) is 308 Å². The lowest BCUT2D eigenvalue weighted by Crippen LogP contribution is -2.36. The number of pyridine rings is 2. The number of benzene rings is 16. The molecule has 0 N–H and O–H groups in total. The standard InChI is InChI=1S/C54H41N3O2.C44H32N4O.C37H28N4O/c1-52(2,3)54(6)42-20-11-8-15-33(42)38-28-40-39-26-30(23-25-46(39)58-47(40)29-44(38)54)49-55-50(31-22-24-34-32-14-7-10-19-41(32)53(4,5)43(34)27-31)57-51(56-49)37-18-13-17-36-35-16-9-12-21-45(35)59-48(36)37;1-43(2)33-13-7-5-11-27(33)29-18-16-26(22-35(29)43)41-46-40(47-42(48-41)37-15-9-10-20-45-37)25-17-19-38-31(21-25)32-23-30-28-12-6-8-14-34(28)44(3,4)36(30)24-39(32)49-38;1-22(2)37(3)29-14-8-7-13-25(29)26-20-28-27-19-24(16-17-32(27)42-33(28)21-30(26)37)35-39-34(23-11-5-4-6-12-23)40-36(41-35)31-15-9-10-18-38-31/h7-29H,1-6H3;5-24H,1-4H3;4-22H,1-3H3. The van der Waals surface area contributed by atoms with Gasteiger partial charge in [-0.05, 0) is 262 Å². The van der Waals surface area contributed by atoms with Crippen molar-refractivity contribution in [2.75, 3.05) is 0 Å². The van der Waals surface area contributed by atoms with Gasteiger partial charge in [0.05, 0.1) is 5.56 Å². The van der Waals surface area contributed by atoms with Gasteiger partial charge in [0.15, 0.2) is 52.4 Å². The maximum atomic E-state index is 6.66. The molecule has 25 aromatic rings. The lowest BCUT2D eigenvalue weighted by atomic mass is 9.62. The fourth-order valence-electron chi connectivity index (χ4n) is 24.8. The summed E-state index contributed by atoms with van der Waals surface area (Å²) >= 11 is 0. The Morgan fingerprint density at radius 3 is 0.987 bits per heavy atom. The molecule has 9 aromatic heterocycles. The lowest BCUT2D eigenvalue weighted by Gasteiger charge is -2.40. The predicted octanol–water partition coefficient (Wildman–Crippen LogP) is 34.2. The second-order valence-electron chi connectivity index (χ2n) is 44.0. The first-order valence-electron chi connectivity index (χ1n) is 51.7. The van der Waals surface area contributed by atoms with Crippen molar-refractivity contribution < 1.29 is 17.7 Å². The van der Waals surface area contributed by atoms with Crippen molar-refractivity contribution in [2.45, 2.75) is 117 Å². The Balaban J connectivity index is 0.000000110. The summed E-state index contributed by atoms with van der Waals surface area (Å²) in [7, 11) is 0. The zero-order chi connectivity index (χ0) is 101. The highest BCUT2D eigenvalue weighted by Gasteiger charge is 2.49. The van der Waals surface area contributed by atoms with E-state index in [1.807, 2.05) is 115 Å². The number of para-hydroxylation sites is 2. The Hall–Kier alpha value is -18.0. The molecule has 15 heteroatoms. The van der Waals surface area contributed by atoms with Crippen molar-refractivity contribution in [1.82, 2.24) is 54.8 Å². The maximum Gasteiger partial charge on any atom is 0.182 e. The molecule has 0 saturated heterocycles. The molecule has 150 heavy (non-hydrogen) atoms. The number of nitrogens with zero attached hydrogens (tertiary/aromatic N) is 11. The van der Waals surface area contributed by atoms with E-state index >= 15 is 0 Å². The molecule has 0 spiro atoms. The molecule has 5 aliphatic rings. The molecule has 2 unspecified atom stereocenters. The van der Waals surface area contributed by atoms with E-state index in [1.165, 1.54) is 111 Å². The van der Waals surface area contributed by atoms with Gasteiger partial charge >= 0.3 is 0 Å². The van der Waals surface area contributed by atoms with Crippen molar-refractivity contribution in [3.8, 4) is 158 Å². The van der Waals surface area contributed by atoms with Crippen LogP contribution in [0.15, 0.2) is 388 Å². The van der Waals surface area contributed by atoms with Crippen LogP contribution in [0.5, 0.6) is 0 Å². The lowest BCUT2D eigenvalue weighted by molar-refractivity contribution is 0.255. The van der Waals surface area contributed by atoms with Crippen molar-refractivity contribution in [3.63, 3.8) is 0 Å². The maximum absolute atomic E-state index is 6.66. The Kier molecular flexibility index (Phi) is 19.7. The van der Waals surface area contributed by atoms with E-state index in [1.54, 1.807) is 12.4 Å². The summed E-state index contributed by atoms with van der Waals surface area (Å²) in [4.78, 5) is 54.6. The molecule has 5 aliphatic carbocycles. The van der Waals surface area contributed by atoms with Crippen LogP contribution in [0.2, 0.25) is 0 Å². The summed E-state index contributed by atoms with van der Waals surface area (Å²) in [6.45, 7) is 30.1. The van der Waals surface area contributed by atoms with Crippen LogP contribution in [0.1, 0.15) is 146 Å². The van der Waals surface area contributed by atoms with Gasteiger partial charge in [0, 0.05) is 116 Å². The summed E-state index contributed by atoms with van der Waals surface area (Å²) in [5.41, 5.74) is 39.9. The minimum Gasteiger partial charge on any atom is -0.456 e. The number of hydrogen-bond acceptors (Lipinski definition) is 15. The van der Waals surface area contributed by atoms with Gasteiger partial charge in [-0.25, -0.2) is 44.9 Å². The molecule has 0 bridgehead atoms. The van der Waals surface area contributed by atoms with Crippen molar-refractivity contribution in [1.29, 1.82) is 0 Å². The van der Waals surface area contributed by atoms with Crippen molar-refractivity contribution in [2.24, 2.45) is 11.3 Å². The third-order valence-electron chi connectivity index (χ3n) is 33.5. The number of fused-ring (bicyclic) bond motifs is 27. The molecule has 16 aromatic carbocycles. The molecule has 0 saturated carbocycles. The SMILES string of the molecule is CC(C)C1(C)c2ccccc2-c2cc3c(cc21)oc1ccc(-c2nc(-c4ccccc4)nc(-c4ccccn4)n2)cc13.CC1(C)c2ccccc2-c2ccc(-c3nc(-c4ccc5oc6cc7c(cc6c5c4)-c4ccccc4C7(C)C(C)(C)C)nc(-c4cccc5c4oc4ccccc45)n3)cc21.CC1(C)c2ccccc2-c2ccc(-c3nc(-c4ccc5oc6cc7c(cc6c5c4)-c4ccccc4C7(C)C)nc(-c4ccccn4)n3)cc21. The second kappa shape index (κ2) is 33.0. The molecule has 0 amide bonds. The smallest absolute Gasteiger partial charge is 0.182 e. The van der Waals surface area contributed by atoms with Crippen LogP contribution >= 0.6 is 0 Å². The van der Waals surface area contributed by atoms with Gasteiger partial charge in [0.1, 0.15) is 56.1 Å². The first-order chi connectivity index (χ1) is 72.8. The van der Waals surface area contributed by atoms with E-state index in [0.717, 1.165) is 127 Å². The molecule has 9 heterocycles. The Morgan fingerprint density at radius 2 is 0.527 bits per heavy atom. The number of hydrogen-bond donors (Lipinski definition) is 0. The van der Waals surface area contributed by atoms with Crippen molar-refractivity contribution in [3.05, 3.63) is 426 Å². The highest BCUT2D eigenvalue weighted by atomic mass is 16.3. The third kappa shape index (κ3) is 13.7. The normalized spacial score (nSPS) is 15.8. The molecule has 15 nitrogen and oxygen atoms in total. The zero-order valence-electron chi connectivity index (χ0n) is 85.3. The topological polar surface area (TPSA) is 194 Å². The van der Waals surface area contributed by atoms with E-state index in [2.05, 4.69) is 343 Å². The van der Waals surface area contributed by atoms with Crippen LogP contribution < -0.4 is 0 Å².